The molecule has 0 atom stereocenters. The summed E-state index contributed by atoms with van der Waals surface area (Å²) in [5, 5.41) is 10.8. The number of alkyl halides is 3. The van der Waals surface area contributed by atoms with E-state index in [1.54, 1.807) is 30.5 Å². The summed E-state index contributed by atoms with van der Waals surface area (Å²) in [4.78, 5) is 16.0. The van der Waals surface area contributed by atoms with E-state index in [2.05, 4.69) is 4.98 Å². The first-order chi connectivity index (χ1) is 12.3. The third-order valence-corrected chi connectivity index (χ3v) is 4.06. The van der Waals surface area contributed by atoms with Gasteiger partial charge in [0.1, 0.15) is 5.75 Å². The summed E-state index contributed by atoms with van der Waals surface area (Å²) in [5.74, 6) is -1.02. The molecule has 134 valence electrons. The smallest absolute Gasteiger partial charge is 0.416 e. The zero-order valence-electron chi connectivity index (χ0n) is 13.7. The molecule has 0 spiro atoms. The van der Waals surface area contributed by atoms with Gasteiger partial charge in [-0.15, -0.1) is 0 Å². The van der Waals surface area contributed by atoms with Crippen LogP contribution >= 0.6 is 0 Å². The number of phenols is 1. The average molecular weight is 361 g/mol. The highest BCUT2D eigenvalue weighted by atomic mass is 19.4. The Morgan fingerprint density at radius 1 is 1.15 bits per heavy atom. The van der Waals surface area contributed by atoms with Crippen molar-refractivity contribution >= 4 is 16.9 Å². The van der Waals surface area contributed by atoms with Crippen molar-refractivity contribution in [2.75, 3.05) is 7.11 Å². The van der Waals surface area contributed by atoms with Gasteiger partial charge in [-0.25, -0.2) is 0 Å². The number of methoxy groups -OCH3 is 1. The van der Waals surface area contributed by atoms with Gasteiger partial charge in [0.2, 0.25) is 0 Å². The Balaban J connectivity index is 2.21. The van der Waals surface area contributed by atoms with Crippen molar-refractivity contribution in [2.24, 2.45) is 0 Å². The van der Waals surface area contributed by atoms with Gasteiger partial charge in [-0.05, 0) is 35.4 Å². The average Bonchev–Trinajstić information content (AvgIpc) is 2.61. The second-order valence-corrected chi connectivity index (χ2v) is 5.64. The first-order valence-electron chi connectivity index (χ1n) is 7.65. The quantitative estimate of drug-likeness (QED) is 0.705. The molecule has 1 aromatic heterocycles. The lowest BCUT2D eigenvalue weighted by atomic mass is 9.92. The molecule has 7 heteroatoms. The number of nitrogens with zero attached hydrogens (tertiary/aromatic N) is 1. The third-order valence-electron chi connectivity index (χ3n) is 4.06. The topological polar surface area (TPSA) is 59.4 Å². The highest BCUT2D eigenvalue weighted by molar-refractivity contribution is 5.94. The van der Waals surface area contributed by atoms with E-state index in [1.165, 1.54) is 13.2 Å². The number of phenolic OH excluding ortho intramolecular Hbond substituents is 1. The molecule has 0 unspecified atom stereocenters. The Morgan fingerprint density at radius 2 is 1.88 bits per heavy atom. The molecule has 0 aliphatic carbocycles. The Bertz CT molecular complexity index is 983. The van der Waals surface area contributed by atoms with Crippen LogP contribution in [0.25, 0.3) is 22.0 Å². The number of ether oxygens (including phenoxy) is 1. The second kappa shape index (κ2) is 6.67. The molecule has 4 nitrogen and oxygen atoms in total. The van der Waals surface area contributed by atoms with Crippen LogP contribution in [-0.4, -0.2) is 23.2 Å². The molecule has 1 heterocycles. The number of hydrogen-bond acceptors (Lipinski definition) is 4. The summed E-state index contributed by atoms with van der Waals surface area (Å²) in [6, 6.07) is 9.51. The predicted molar refractivity (Wildman–Crippen MR) is 89.6 cm³/mol. The minimum atomic E-state index is -4.56. The summed E-state index contributed by atoms with van der Waals surface area (Å²) in [7, 11) is 1.25. The molecule has 0 aliphatic rings. The van der Waals surface area contributed by atoms with Crippen LogP contribution in [0.2, 0.25) is 0 Å². The highest BCUT2D eigenvalue weighted by Gasteiger charge is 2.31. The number of carbonyl (C=O) groups excluding carboxylic acids is 1. The van der Waals surface area contributed by atoms with E-state index in [0.29, 0.717) is 28.1 Å². The van der Waals surface area contributed by atoms with Crippen LogP contribution in [-0.2, 0) is 22.1 Å². The van der Waals surface area contributed by atoms with Gasteiger partial charge in [0, 0.05) is 17.1 Å². The molecule has 0 amide bonds. The summed E-state index contributed by atoms with van der Waals surface area (Å²) in [6.07, 6.45) is -3.06. The van der Waals surface area contributed by atoms with E-state index in [9.17, 15) is 23.1 Å². The molecule has 0 fully saturated rings. The maximum atomic E-state index is 12.8. The van der Waals surface area contributed by atoms with Gasteiger partial charge >= 0.3 is 12.1 Å². The molecule has 0 saturated heterocycles. The monoisotopic (exact) mass is 361 g/mol. The van der Waals surface area contributed by atoms with E-state index in [1.807, 2.05) is 0 Å². The van der Waals surface area contributed by atoms with E-state index < -0.39 is 23.5 Å². The molecular formula is C19H14F3NO3. The number of fused-ring (bicyclic) bond motifs is 1. The normalized spacial score (nSPS) is 11.5. The van der Waals surface area contributed by atoms with Crippen LogP contribution in [0.4, 0.5) is 13.2 Å². The van der Waals surface area contributed by atoms with E-state index in [-0.39, 0.29) is 12.0 Å². The van der Waals surface area contributed by atoms with E-state index in [4.69, 9.17) is 4.74 Å². The third kappa shape index (κ3) is 3.33. The van der Waals surface area contributed by atoms with Gasteiger partial charge in [-0.3, -0.25) is 9.78 Å². The van der Waals surface area contributed by atoms with Gasteiger partial charge in [0.25, 0.3) is 0 Å². The largest absolute Gasteiger partial charge is 0.507 e. The van der Waals surface area contributed by atoms with Gasteiger partial charge in [-0.1, -0.05) is 18.2 Å². The standard InChI is InChI=1S/C19H14F3NO3/c1-26-18(25)10-15-12(6-7-16-13(15)3-2-8-23-16)14-5-4-11(9-17(14)24)19(20,21)22/h2-9,24H,10H2,1H3. The fraction of sp³-hybridized carbons (Fsp3) is 0.158. The molecule has 0 radical (unpaired) electrons. The lowest BCUT2D eigenvalue weighted by Gasteiger charge is -2.15. The molecule has 0 aliphatic heterocycles. The molecule has 3 rings (SSSR count). The maximum absolute atomic E-state index is 12.8. The van der Waals surface area contributed by atoms with Crippen molar-refractivity contribution in [3.05, 3.63) is 59.8 Å². The highest BCUT2D eigenvalue weighted by Crippen LogP contribution is 2.39. The van der Waals surface area contributed by atoms with Gasteiger partial charge in [0.15, 0.2) is 0 Å². The first-order valence-corrected chi connectivity index (χ1v) is 7.65. The Morgan fingerprint density at radius 3 is 2.54 bits per heavy atom. The van der Waals surface area contributed by atoms with Crippen LogP contribution in [0.3, 0.4) is 0 Å². The number of hydrogen-bond donors (Lipinski definition) is 1. The van der Waals surface area contributed by atoms with Crippen LogP contribution < -0.4 is 0 Å². The van der Waals surface area contributed by atoms with E-state index in [0.717, 1.165) is 6.07 Å². The molecular weight excluding hydrogens is 347 g/mol. The number of pyridine rings is 1. The van der Waals surface area contributed by atoms with E-state index >= 15 is 0 Å². The van der Waals surface area contributed by atoms with Crippen LogP contribution in [0.5, 0.6) is 5.75 Å². The molecule has 26 heavy (non-hydrogen) atoms. The number of halogens is 3. The van der Waals surface area contributed by atoms with Crippen molar-refractivity contribution in [2.45, 2.75) is 12.6 Å². The Labute approximate surface area is 146 Å². The number of esters is 1. The summed E-state index contributed by atoms with van der Waals surface area (Å²) >= 11 is 0. The zero-order valence-corrected chi connectivity index (χ0v) is 13.7. The van der Waals surface area contributed by atoms with Crippen molar-refractivity contribution < 1.29 is 27.8 Å². The molecule has 2 aromatic carbocycles. The second-order valence-electron chi connectivity index (χ2n) is 5.64. The summed E-state index contributed by atoms with van der Waals surface area (Å²) in [6.45, 7) is 0. The van der Waals surface area contributed by atoms with Crippen LogP contribution in [0, 0.1) is 0 Å². The Kier molecular flexibility index (Phi) is 4.54. The van der Waals surface area contributed by atoms with Crippen molar-refractivity contribution in [3.8, 4) is 16.9 Å². The maximum Gasteiger partial charge on any atom is 0.416 e. The molecule has 0 saturated carbocycles. The first kappa shape index (κ1) is 17.7. The number of aromatic nitrogens is 1. The number of rotatable bonds is 3. The lowest BCUT2D eigenvalue weighted by molar-refractivity contribution is -0.140. The fourth-order valence-corrected chi connectivity index (χ4v) is 2.81. The molecule has 0 bridgehead atoms. The number of benzene rings is 2. The summed E-state index contributed by atoms with van der Waals surface area (Å²) in [5.41, 5.74) is 0.847. The predicted octanol–water partition coefficient (Wildman–Crippen LogP) is 4.34. The van der Waals surface area contributed by atoms with Crippen LogP contribution in [0.1, 0.15) is 11.1 Å². The van der Waals surface area contributed by atoms with Crippen LogP contribution in [0.15, 0.2) is 48.7 Å². The molecule has 3 aromatic rings. The number of carbonyl (C=O) groups is 1. The Hall–Kier alpha value is -3.09. The SMILES string of the molecule is COC(=O)Cc1c(-c2ccc(C(F)(F)F)cc2O)ccc2ncccc12. The van der Waals surface area contributed by atoms with Crippen molar-refractivity contribution in [3.63, 3.8) is 0 Å². The van der Waals surface area contributed by atoms with Gasteiger partial charge in [0.05, 0.1) is 24.6 Å². The minimum Gasteiger partial charge on any atom is -0.507 e. The van der Waals surface area contributed by atoms with Gasteiger partial charge < -0.3 is 9.84 Å². The fourth-order valence-electron chi connectivity index (χ4n) is 2.81. The van der Waals surface area contributed by atoms with Crippen molar-refractivity contribution in [1.29, 1.82) is 0 Å². The number of aromatic hydroxyl groups is 1. The summed E-state index contributed by atoms with van der Waals surface area (Å²) < 4.78 is 43.2. The van der Waals surface area contributed by atoms with Gasteiger partial charge in [-0.2, -0.15) is 13.2 Å². The lowest BCUT2D eigenvalue weighted by Crippen LogP contribution is -2.07. The minimum absolute atomic E-state index is 0.102. The molecule has 1 N–H and O–H groups in total. The zero-order chi connectivity index (χ0) is 18.9. The van der Waals surface area contributed by atoms with Crippen molar-refractivity contribution in [1.82, 2.24) is 4.98 Å².